The molecule has 0 aliphatic carbocycles. The van der Waals surface area contributed by atoms with E-state index >= 15 is 0 Å². The predicted molar refractivity (Wildman–Crippen MR) is 69.0 cm³/mol. The Morgan fingerprint density at radius 3 is 1.95 bits per heavy atom. The summed E-state index contributed by atoms with van der Waals surface area (Å²) in [6, 6.07) is 0. The molecule has 3 N–H and O–H groups in total. The maximum atomic E-state index is 11.3. The summed E-state index contributed by atoms with van der Waals surface area (Å²) >= 11 is 0. The average Bonchev–Trinajstić information content (AvgIpc) is 2.39. The number of carbonyl (C=O) groups excluding carboxylic acids is 1. The first-order valence-electron chi connectivity index (χ1n) is 5.74. The Bertz CT molecular complexity index is 617. The first kappa shape index (κ1) is 16.3. The summed E-state index contributed by atoms with van der Waals surface area (Å²) in [5.74, 6) is -4.52. The number of hydrogen-bond donors (Lipinski definition) is 3. The third-order valence-corrected chi connectivity index (χ3v) is 2.90. The van der Waals surface area contributed by atoms with Crippen LogP contribution in [0.2, 0.25) is 0 Å². The van der Waals surface area contributed by atoms with Gasteiger partial charge in [0.05, 0.1) is 7.11 Å². The van der Waals surface area contributed by atoms with Gasteiger partial charge in [-0.2, -0.15) is 0 Å². The van der Waals surface area contributed by atoms with Crippen LogP contribution in [0.4, 0.5) is 0 Å². The van der Waals surface area contributed by atoms with Crippen molar-refractivity contribution in [2.45, 2.75) is 13.8 Å². The summed E-state index contributed by atoms with van der Waals surface area (Å²) in [7, 11) is 1.13. The van der Waals surface area contributed by atoms with Gasteiger partial charge in [-0.05, 0) is 19.4 Å². The molecule has 0 saturated carbocycles. The molecular weight excluding hydrogens is 284 g/mol. The highest BCUT2D eigenvalue weighted by atomic mass is 16.6. The lowest BCUT2D eigenvalue weighted by Gasteiger charge is -2.17. The number of benzene rings is 1. The number of aromatic carboxylic acids is 2. The van der Waals surface area contributed by atoms with Crippen molar-refractivity contribution < 1.29 is 39.2 Å². The van der Waals surface area contributed by atoms with Crippen molar-refractivity contribution in [2.24, 2.45) is 0 Å². The third-order valence-electron chi connectivity index (χ3n) is 2.90. The van der Waals surface area contributed by atoms with Crippen LogP contribution in [-0.4, -0.2) is 46.9 Å². The van der Waals surface area contributed by atoms with Crippen LogP contribution >= 0.6 is 0 Å². The first-order valence-corrected chi connectivity index (χ1v) is 5.74. The van der Waals surface area contributed by atoms with Gasteiger partial charge in [0.15, 0.2) is 6.61 Å². The van der Waals surface area contributed by atoms with Gasteiger partial charge in [0.1, 0.15) is 22.6 Å². The van der Waals surface area contributed by atoms with Crippen LogP contribution in [0.25, 0.3) is 0 Å². The van der Waals surface area contributed by atoms with E-state index in [2.05, 4.69) is 4.74 Å². The van der Waals surface area contributed by atoms with Crippen LogP contribution in [0.1, 0.15) is 31.8 Å². The number of phenols is 1. The van der Waals surface area contributed by atoms with Gasteiger partial charge in [0.25, 0.3) is 0 Å². The maximum absolute atomic E-state index is 11.3. The van der Waals surface area contributed by atoms with Crippen LogP contribution in [-0.2, 0) is 9.53 Å². The molecule has 0 aliphatic heterocycles. The second-order valence-electron chi connectivity index (χ2n) is 4.15. The minimum atomic E-state index is -1.46. The molecule has 0 aliphatic rings. The number of aromatic hydroxyl groups is 1. The van der Waals surface area contributed by atoms with E-state index in [0.29, 0.717) is 0 Å². The summed E-state index contributed by atoms with van der Waals surface area (Å²) in [6.07, 6.45) is 0. The fraction of sp³-hybridized carbons (Fsp3) is 0.308. The summed E-state index contributed by atoms with van der Waals surface area (Å²) < 4.78 is 9.44. The molecule has 0 spiro atoms. The number of esters is 1. The summed E-state index contributed by atoms with van der Waals surface area (Å²) in [6.45, 7) is 1.96. The lowest BCUT2D eigenvalue weighted by molar-refractivity contribution is -0.142. The van der Waals surface area contributed by atoms with Crippen LogP contribution in [0.5, 0.6) is 11.5 Å². The molecule has 0 aromatic heterocycles. The largest absolute Gasteiger partial charge is 0.507 e. The first-order chi connectivity index (χ1) is 9.72. The highest BCUT2D eigenvalue weighted by Crippen LogP contribution is 2.37. The van der Waals surface area contributed by atoms with Gasteiger partial charge in [0.2, 0.25) is 0 Å². The number of ether oxygens (including phenoxy) is 2. The molecule has 0 atom stereocenters. The molecule has 0 heterocycles. The number of carboxylic acids is 2. The molecule has 8 nitrogen and oxygen atoms in total. The molecule has 8 heteroatoms. The second kappa shape index (κ2) is 6.12. The maximum Gasteiger partial charge on any atom is 0.343 e. The van der Waals surface area contributed by atoms with E-state index in [-0.39, 0.29) is 16.9 Å². The minimum Gasteiger partial charge on any atom is -0.507 e. The lowest BCUT2D eigenvalue weighted by Crippen LogP contribution is -2.17. The van der Waals surface area contributed by atoms with Crippen molar-refractivity contribution in [1.29, 1.82) is 0 Å². The molecule has 0 unspecified atom stereocenters. The van der Waals surface area contributed by atoms with E-state index in [1.165, 1.54) is 13.8 Å². The summed E-state index contributed by atoms with van der Waals surface area (Å²) in [5.41, 5.74) is -1.20. The van der Waals surface area contributed by atoms with Gasteiger partial charge in [-0.15, -0.1) is 0 Å². The topological polar surface area (TPSA) is 130 Å². The van der Waals surface area contributed by atoms with Gasteiger partial charge in [-0.3, -0.25) is 0 Å². The van der Waals surface area contributed by atoms with Crippen LogP contribution in [0, 0.1) is 13.8 Å². The van der Waals surface area contributed by atoms with Crippen LogP contribution < -0.4 is 4.74 Å². The zero-order valence-corrected chi connectivity index (χ0v) is 11.6. The fourth-order valence-electron chi connectivity index (χ4n) is 1.85. The Morgan fingerprint density at radius 1 is 1.00 bits per heavy atom. The van der Waals surface area contributed by atoms with Crippen molar-refractivity contribution in [3.8, 4) is 11.5 Å². The molecule has 0 bridgehead atoms. The summed E-state index contributed by atoms with van der Waals surface area (Å²) in [5, 5.41) is 28.2. The standard InChI is InChI=1S/C13H14O8/c1-5-8(12(16)17)10(15)6(2)11(9(5)13(18)19)21-4-7(14)20-3/h15H,4H2,1-3H3,(H,16,17)(H,18,19). The van der Waals surface area contributed by atoms with E-state index in [1.54, 1.807) is 0 Å². The predicted octanol–water partition coefficient (Wildman–Crippen LogP) is 0.957. The van der Waals surface area contributed by atoms with Gasteiger partial charge in [-0.1, -0.05) is 0 Å². The zero-order valence-electron chi connectivity index (χ0n) is 11.6. The quantitative estimate of drug-likeness (QED) is 0.685. The second-order valence-corrected chi connectivity index (χ2v) is 4.15. The van der Waals surface area contributed by atoms with Crippen molar-refractivity contribution in [1.82, 2.24) is 0 Å². The monoisotopic (exact) mass is 298 g/mol. The highest BCUT2D eigenvalue weighted by molar-refractivity contribution is 6.01. The van der Waals surface area contributed by atoms with Gasteiger partial charge >= 0.3 is 17.9 Å². The Kier molecular flexibility index (Phi) is 4.75. The molecule has 0 radical (unpaired) electrons. The normalized spacial score (nSPS) is 10.0. The lowest BCUT2D eigenvalue weighted by atomic mass is 9.96. The van der Waals surface area contributed by atoms with E-state index in [9.17, 15) is 24.6 Å². The zero-order chi connectivity index (χ0) is 16.3. The number of hydrogen-bond acceptors (Lipinski definition) is 6. The van der Waals surface area contributed by atoms with Crippen LogP contribution in [0.15, 0.2) is 0 Å². The molecule has 114 valence electrons. The van der Waals surface area contributed by atoms with Gasteiger partial charge in [0, 0.05) is 5.56 Å². The van der Waals surface area contributed by atoms with Crippen molar-refractivity contribution in [2.75, 3.05) is 13.7 Å². The van der Waals surface area contributed by atoms with Crippen molar-refractivity contribution in [3.63, 3.8) is 0 Å². The van der Waals surface area contributed by atoms with Crippen LogP contribution in [0.3, 0.4) is 0 Å². The molecule has 0 fully saturated rings. The molecular formula is C13H14O8. The number of methoxy groups -OCH3 is 1. The van der Waals surface area contributed by atoms with Gasteiger partial charge < -0.3 is 24.8 Å². The SMILES string of the molecule is COC(=O)COc1c(C)c(O)c(C(=O)O)c(C)c1C(=O)O. The van der Waals surface area contributed by atoms with E-state index < -0.39 is 41.4 Å². The third kappa shape index (κ3) is 3.04. The van der Waals surface area contributed by atoms with Crippen molar-refractivity contribution in [3.05, 3.63) is 22.3 Å². The number of rotatable bonds is 5. The Labute approximate surface area is 119 Å². The van der Waals surface area contributed by atoms with E-state index in [1.807, 2.05) is 0 Å². The fourth-order valence-corrected chi connectivity index (χ4v) is 1.85. The minimum absolute atomic E-state index is 0.0840. The molecule has 1 aromatic rings. The Balaban J connectivity index is 3.52. The smallest absolute Gasteiger partial charge is 0.343 e. The Hall–Kier alpha value is -2.77. The number of carbonyl (C=O) groups is 3. The van der Waals surface area contributed by atoms with E-state index in [0.717, 1.165) is 7.11 Å². The number of carboxylic acid groups (broad SMARTS) is 2. The van der Waals surface area contributed by atoms with Gasteiger partial charge in [-0.25, -0.2) is 14.4 Å². The van der Waals surface area contributed by atoms with E-state index in [4.69, 9.17) is 9.84 Å². The molecule has 1 rings (SSSR count). The average molecular weight is 298 g/mol. The molecule has 1 aromatic carbocycles. The highest BCUT2D eigenvalue weighted by Gasteiger charge is 2.28. The van der Waals surface area contributed by atoms with Crippen molar-refractivity contribution >= 4 is 17.9 Å². The molecule has 0 saturated heterocycles. The molecule has 21 heavy (non-hydrogen) atoms. The summed E-state index contributed by atoms with van der Waals surface area (Å²) in [4.78, 5) is 33.5. The Morgan fingerprint density at radius 2 is 1.52 bits per heavy atom. The molecule has 0 amide bonds.